The second kappa shape index (κ2) is 8.39. The third kappa shape index (κ3) is 4.64. The van der Waals surface area contributed by atoms with E-state index in [9.17, 15) is 9.90 Å². The Morgan fingerprint density at radius 3 is 2.67 bits per heavy atom. The van der Waals surface area contributed by atoms with Gasteiger partial charge < -0.3 is 15.2 Å². The summed E-state index contributed by atoms with van der Waals surface area (Å²) in [6.45, 7) is 4.56. The van der Waals surface area contributed by atoms with Crippen LogP contribution in [0.1, 0.15) is 26.9 Å². The van der Waals surface area contributed by atoms with Crippen LogP contribution in [-0.2, 0) is 11.3 Å². The van der Waals surface area contributed by atoms with E-state index in [0.717, 1.165) is 37.7 Å². The van der Waals surface area contributed by atoms with Crippen molar-refractivity contribution in [2.75, 3.05) is 32.8 Å². The Bertz CT molecular complexity index is 637. The molecular weight excluding hydrogens is 324 g/mol. The molecule has 1 aliphatic heterocycles. The Hall–Kier alpha value is -1.73. The zero-order valence-corrected chi connectivity index (χ0v) is 14.3. The molecule has 24 heavy (non-hydrogen) atoms. The fourth-order valence-corrected chi connectivity index (χ4v) is 3.36. The summed E-state index contributed by atoms with van der Waals surface area (Å²) < 4.78 is 5.35. The molecule has 0 bridgehead atoms. The molecule has 0 unspecified atom stereocenters. The van der Waals surface area contributed by atoms with Crippen LogP contribution in [0.2, 0.25) is 0 Å². The van der Waals surface area contributed by atoms with Crippen molar-refractivity contribution >= 4 is 17.2 Å². The van der Waals surface area contributed by atoms with E-state index in [1.807, 2.05) is 41.8 Å². The van der Waals surface area contributed by atoms with E-state index >= 15 is 0 Å². The van der Waals surface area contributed by atoms with Crippen LogP contribution >= 0.6 is 11.3 Å². The molecule has 1 aliphatic rings. The van der Waals surface area contributed by atoms with Gasteiger partial charge in [-0.1, -0.05) is 18.2 Å². The highest BCUT2D eigenvalue weighted by molar-refractivity contribution is 7.10. The average molecular weight is 346 g/mol. The summed E-state index contributed by atoms with van der Waals surface area (Å²) in [5, 5.41) is 14.7. The first-order valence-electron chi connectivity index (χ1n) is 8.11. The molecule has 128 valence electrons. The van der Waals surface area contributed by atoms with E-state index in [1.165, 1.54) is 16.9 Å². The van der Waals surface area contributed by atoms with Crippen molar-refractivity contribution < 1.29 is 14.6 Å². The van der Waals surface area contributed by atoms with Gasteiger partial charge in [-0.05, 0) is 29.1 Å². The van der Waals surface area contributed by atoms with E-state index in [4.69, 9.17) is 4.74 Å². The molecule has 0 spiro atoms. The van der Waals surface area contributed by atoms with E-state index in [2.05, 4.69) is 10.2 Å². The van der Waals surface area contributed by atoms with Gasteiger partial charge in [0.15, 0.2) is 0 Å². The van der Waals surface area contributed by atoms with Crippen LogP contribution in [0.4, 0.5) is 0 Å². The molecule has 3 rings (SSSR count). The van der Waals surface area contributed by atoms with E-state index in [0.29, 0.717) is 5.56 Å². The molecule has 2 N–H and O–H groups in total. The number of hydrogen-bond donors (Lipinski definition) is 2. The van der Waals surface area contributed by atoms with Crippen LogP contribution in [0, 0.1) is 0 Å². The van der Waals surface area contributed by atoms with Crippen molar-refractivity contribution in [2.24, 2.45) is 0 Å². The number of nitrogens with zero attached hydrogens (tertiary/aromatic N) is 1. The van der Waals surface area contributed by atoms with Crippen molar-refractivity contribution in [3.8, 4) is 0 Å². The number of nitrogens with one attached hydrogen (secondary N) is 1. The van der Waals surface area contributed by atoms with Crippen LogP contribution < -0.4 is 5.32 Å². The van der Waals surface area contributed by atoms with Crippen molar-refractivity contribution in [3.05, 3.63) is 57.8 Å². The Kier molecular flexibility index (Phi) is 5.98. The Morgan fingerprint density at radius 2 is 2.00 bits per heavy atom. The lowest BCUT2D eigenvalue weighted by atomic mass is 10.1. The number of morpholine rings is 1. The predicted octanol–water partition coefficient (Wildman–Crippen LogP) is 2.04. The number of carbonyl (C=O) groups excluding carboxylic acids is 1. The number of rotatable bonds is 6. The summed E-state index contributed by atoms with van der Waals surface area (Å²) in [7, 11) is 0. The van der Waals surface area contributed by atoms with Gasteiger partial charge in [-0.25, -0.2) is 0 Å². The van der Waals surface area contributed by atoms with Gasteiger partial charge in [0.1, 0.15) is 6.10 Å². The summed E-state index contributed by atoms with van der Waals surface area (Å²) in [6.07, 6.45) is -0.658. The summed E-state index contributed by atoms with van der Waals surface area (Å²) >= 11 is 1.48. The number of benzene rings is 1. The molecule has 1 fully saturated rings. The maximum absolute atomic E-state index is 12.2. The summed E-state index contributed by atoms with van der Waals surface area (Å²) in [5.41, 5.74) is 1.80. The van der Waals surface area contributed by atoms with Gasteiger partial charge >= 0.3 is 0 Å². The molecule has 0 aliphatic carbocycles. The third-order valence-corrected chi connectivity index (χ3v) is 5.03. The number of carbonyl (C=O) groups is 1. The average Bonchev–Trinajstić information content (AvgIpc) is 3.16. The maximum Gasteiger partial charge on any atom is 0.251 e. The third-order valence-electron chi connectivity index (χ3n) is 4.05. The Labute approximate surface area is 145 Å². The zero-order chi connectivity index (χ0) is 16.8. The normalized spacial score (nSPS) is 16.7. The predicted molar refractivity (Wildman–Crippen MR) is 94.2 cm³/mol. The van der Waals surface area contributed by atoms with Gasteiger partial charge in [0.25, 0.3) is 5.91 Å². The second-order valence-electron chi connectivity index (χ2n) is 5.83. The lowest BCUT2D eigenvalue weighted by Gasteiger charge is -2.26. The molecular formula is C18H22N2O3S. The first-order valence-corrected chi connectivity index (χ1v) is 8.99. The quantitative estimate of drug-likeness (QED) is 0.840. The molecule has 2 aromatic rings. The first-order chi connectivity index (χ1) is 11.7. The molecule has 1 saturated heterocycles. The number of amides is 1. The molecule has 0 radical (unpaired) electrons. The molecule has 1 aromatic carbocycles. The van der Waals surface area contributed by atoms with Crippen molar-refractivity contribution in [1.29, 1.82) is 0 Å². The monoisotopic (exact) mass is 346 g/mol. The highest BCUT2D eigenvalue weighted by Gasteiger charge is 2.13. The maximum atomic E-state index is 12.2. The minimum Gasteiger partial charge on any atom is -0.386 e. The minimum atomic E-state index is -0.658. The van der Waals surface area contributed by atoms with Crippen molar-refractivity contribution in [1.82, 2.24) is 10.2 Å². The lowest BCUT2D eigenvalue weighted by molar-refractivity contribution is 0.0342. The highest BCUT2D eigenvalue weighted by Crippen LogP contribution is 2.18. The molecule has 6 heteroatoms. The van der Waals surface area contributed by atoms with Crippen LogP contribution in [0.5, 0.6) is 0 Å². The fourth-order valence-electron chi connectivity index (χ4n) is 2.65. The van der Waals surface area contributed by atoms with Crippen LogP contribution in [-0.4, -0.2) is 48.8 Å². The van der Waals surface area contributed by atoms with Crippen molar-refractivity contribution in [3.63, 3.8) is 0 Å². The zero-order valence-electron chi connectivity index (χ0n) is 13.5. The molecule has 5 nitrogen and oxygen atoms in total. The standard InChI is InChI=1S/C18H22N2O3S/c21-16(17-2-1-11-24-17)12-19-18(22)15-5-3-14(4-6-15)13-20-7-9-23-10-8-20/h1-6,11,16,21H,7-10,12-13H2,(H,19,22)/t16-/m0/s1. The smallest absolute Gasteiger partial charge is 0.251 e. The summed E-state index contributed by atoms with van der Waals surface area (Å²) in [4.78, 5) is 15.4. The number of aliphatic hydroxyl groups is 1. The van der Waals surface area contributed by atoms with E-state index in [1.54, 1.807) is 0 Å². The SMILES string of the molecule is O=C(NC[C@H](O)c1cccs1)c1ccc(CN2CCOCC2)cc1. The minimum absolute atomic E-state index is 0.163. The molecule has 1 amide bonds. The van der Waals surface area contributed by atoms with Crippen LogP contribution in [0.15, 0.2) is 41.8 Å². The van der Waals surface area contributed by atoms with Crippen LogP contribution in [0.3, 0.4) is 0 Å². The van der Waals surface area contributed by atoms with Gasteiger partial charge in [-0.3, -0.25) is 9.69 Å². The lowest BCUT2D eigenvalue weighted by Crippen LogP contribution is -2.35. The number of thiophene rings is 1. The largest absolute Gasteiger partial charge is 0.386 e. The van der Waals surface area contributed by atoms with Gasteiger partial charge in [-0.15, -0.1) is 11.3 Å². The Balaban J connectivity index is 1.50. The summed E-state index contributed by atoms with van der Waals surface area (Å²) in [6, 6.07) is 11.4. The molecule has 0 saturated carbocycles. The van der Waals surface area contributed by atoms with Crippen molar-refractivity contribution in [2.45, 2.75) is 12.6 Å². The summed E-state index contributed by atoms with van der Waals surface area (Å²) in [5.74, 6) is -0.163. The first kappa shape index (κ1) is 17.1. The van der Waals surface area contributed by atoms with Gasteiger partial charge in [-0.2, -0.15) is 0 Å². The number of hydrogen-bond acceptors (Lipinski definition) is 5. The molecule has 2 heterocycles. The Morgan fingerprint density at radius 1 is 1.25 bits per heavy atom. The topological polar surface area (TPSA) is 61.8 Å². The van der Waals surface area contributed by atoms with Crippen LogP contribution in [0.25, 0.3) is 0 Å². The second-order valence-corrected chi connectivity index (χ2v) is 6.81. The number of ether oxygens (including phenoxy) is 1. The molecule has 1 atom stereocenters. The highest BCUT2D eigenvalue weighted by atomic mass is 32.1. The molecule has 1 aromatic heterocycles. The fraction of sp³-hybridized carbons (Fsp3) is 0.389. The number of aliphatic hydroxyl groups excluding tert-OH is 1. The van der Waals surface area contributed by atoms with E-state index < -0.39 is 6.10 Å². The van der Waals surface area contributed by atoms with Gasteiger partial charge in [0.2, 0.25) is 0 Å². The van der Waals surface area contributed by atoms with Gasteiger partial charge in [0, 0.05) is 36.6 Å². The van der Waals surface area contributed by atoms with Gasteiger partial charge in [0.05, 0.1) is 13.2 Å². The van der Waals surface area contributed by atoms with E-state index in [-0.39, 0.29) is 12.5 Å².